The number of allylic oxidation sites excluding steroid dienone is 2. The molecule has 2 aliphatic carbocycles. The summed E-state index contributed by atoms with van der Waals surface area (Å²) in [6, 6.07) is 20.6. The van der Waals surface area contributed by atoms with Crippen molar-refractivity contribution in [1.29, 1.82) is 0 Å². The van der Waals surface area contributed by atoms with Gasteiger partial charge in [-0.3, -0.25) is 44.8 Å². The third-order valence-corrected chi connectivity index (χ3v) is 12.4. The zero-order chi connectivity index (χ0) is 42.9. The zero-order valence-corrected chi connectivity index (χ0v) is 33.1. The number of hydrogen-bond donors (Lipinski definition) is 2. The number of rotatable bonds is 10. The number of phenolic OH excluding ortho intramolecular Hbond substituents is 1. The van der Waals surface area contributed by atoms with Crippen molar-refractivity contribution in [3.05, 3.63) is 127 Å². The number of aryl methyl sites for hydroxylation is 1. The van der Waals surface area contributed by atoms with Crippen LogP contribution in [0.2, 0.25) is 0 Å². The van der Waals surface area contributed by atoms with E-state index >= 15 is 9.59 Å². The van der Waals surface area contributed by atoms with Gasteiger partial charge < -0.3 is 19.5 Å². The molecule has 2 saturated heterocycles. The maximum atomic E-state index is 15.5. The third kappa shape index (κ3) is 5.74. The molecular weight excluding hydrogens is 777 g/mol. The van der Waals surface area contributed by atoms with Crippen LogP contribution >= 0.6 is 0 Å². The number of hydrogen-bond acceptors (Lipinski definition) is 13. The van der Waals surface area contributed by atoms with E-state index in [2.05, 4.69) is 5.43 Å². The molecule has 17 heteroatoms. The topological polar surface area (TPSA) is 215 Å². The van der Waals surface area contributed by atoms with Gasteiger partial charge in [-0.2, -0.15) is 5.01 Å². The second-order valence-corrected chi connectivity index (χ2v) is 15.6. The van der Waals surface area contributed by atoms with Crippen molar-refractivity contribution in [2.75, 3.05) is 43.5 Å². The van der Waals surface area contributed by atoms with E-state index in [1.54, 1.807) is 48.5 Å². The van der Waals surface area contributed by atoms with E-state index in [1.165, 1.54) is 45.3 Å². The van der Waals surface area contributed by atoms with Crippen molar-refractivity contribution in [2.45, 2.75) is 31.1 Å². The highest BCUT2D eigenvalue weighted by Gasteiger charge is 2.71. The summed E-state index contributed by atoms with van der Waals surface area (Å²) in [6.45, 7) is 1.90. The monoisotopic (exact) mass is 816 g/mol. The Balaban J connectivity index is 1.34. The van der Waals surface area contributed by atoms with Crippen LogP contribution in [0.25, 0.3) is 0 Å². The number of imide groups is 2. The molecule has 4 amide bonds. The maximum Gasteiger partial charge on any atom is 0.301 e. The molecule has 0 bridgehead atoms. The largest absolute Gasteiger partial charge is 0.508 e. The molecule has 0 aromatic heterocycles. The minimum atomic E-state index is -1.70. The van der Waals surface area contributed by atoms with Crippen molar-refractivity contribution < 1.29 is 43.6 Å². The fourth-order valence-corrected chi connectivity index (χ4v) is 9.98. The SMILES string of the molecule is COc1cc(O)cc(OC)c1[C@H]1C2=CC[C@@H]3C(=O)N(c4cc([N+](=O)[O-])c(N(C)C)c([N+](=O)[O-])c4)C(=O)[C@@H]3[C@@H]2C[C@H]2C(=O)N(Nc3ccc(C)cc3)C(=O)[C@@]12c1ccccc1. The fourth-order valence-electron chi connectivity index (χ4n) is 9.98. The van der Waals surface area contributed by atoms with E-state index in [0.29, 0.717) is 22.4 Å². The van der Waals surface area contributed by atoms with Gasteiger partial charge in [0.15, 0.2) is 5.69 Å². The summed E-state index contributed by atoms with van der Waals surface area (Å²) in [7, 11) is 5.59. The van der Waals surface area contributed by atoms with E-state index < -0.39 is 79.9 Å². The Bertz CT molecular complexity index is 2480. The number of fused-ring (bicyclic) bond motifs is 4. The lowest BCUT2D eigenvalue weighted by molar-refractivity contribution is -0.392. The molecule has 3 fully saturated rings. The van der Waals surface area contributed by atoms with Gasteiger partial charge in [0.05, 0.1) is 58.6 Å². The molecule has 8 rings (SSSR count). The first-order chi connectivity index (χ1) is 28.6. The predicted molar refractivity (Wildman–Crippen MR) is 217 cm³/mol. The second kappa shape index (κ2) is 14.5. The van der Waals surface area contributed by atoms with Gasteiger partial charge in [-0.05, 0) is 43.4 Å². The van der Waals surface area contributed by atoms with Crippen LogP contribution < -0.4 is 24.7 Å². The van der Waals surface area contributed by atoms with Gasteiger partial charge in [-0.1, -0.05) is 59.7 Å². The van der Waals surface area contributed by atoms with Gasteiger partial charge in [0.25, 0.3) is 11.8 Å². The lowest BCUT2D eigenvalue weighted by Gasteiger charge is -2.51. The van der Waals surface area contributed by atoms with Crippen LogP contribution in [0.4, 0.5) is 28.4 Å². The number of aromatic hydroxyl groups is 1. The molecule has 0 unspecified atom stereocenters. The minimum absolute atomic E-state index is 0.0141. The number of carbonyl (C=O) groups excluding carboxylic acids is 4. The molecule has 0 spiro atoms. The summed E-state index contributed by atoms with van der Waals surface area (Å²) in [5.74, 6) is -7.86. The van der Waals surface area contributed by atoms with Gasteiger partial charge in [-0.15, -0.1) is 0 Å². The molecule has 4 aliphatic rings. The van der Waals surface area contributed by atoms with Crippen LogP contribution in [0.15, 0.2) is 90.5 Å². The number of nitrogens with one attached hydrogen (secondary N) is 1. The van der Waals surface area contributed by atoms with Crippen molar-refractivity contribution >= 4 is 52.1 Å². The number of carbonyl (C=O) groups is 4. The Labute approximate surface area is 343 Å². The molecule has 2 N–H and O–H groups in total. The van der Waals surface area contributed by atoms with E-state index in [1.807, 2.05) is 19.1 Å². The highest BCUT2D eigenvalue weighted by molar-refractivity contribution is 6.23. The van der Waals surface area contributed by atoms with Crippen molar-refractivity contribution in [3.8, 4) is 17.2 Å². The Morgan fingerprint density at radius 3 is 1.98 bits per heavy atom. The molecule has 17 nitrogen and oxygen atoms in total. The average Bonchev–Trinajstić information content (AvgIpc) is 3.61. The van der Waals surface area contributed by atoms with Gasteiger partial charge in [0, 0.05) is 49.8 Å². The van der Waals surface area contributed by atoms with Crippen LogP contribution in [0, 0.1) is 50.8 Å². The van der Waals surface area contributed by atoms with Crippen LogP contribution in [-0.2, 0) is 24.6 Å². The lowest BCUT2D eigenvalue weighted by Crippen LogP contribution is -2.53. The van der Waals surface area contributed by atoms with Crippen molar-refractivity contribution in [2.24, 2.45) is 23.7 Å². The smallest absolute Gasteiger partial charge is 0.301 e. The molecular formula is C43H40N6O11. The summed E-state index contributed by atoms with van der Waals surface area (Å²) in [4.78, 5) is 84.9. The number of nitro benzene ring substituents is 2. The lowest BCUT2D eigenvalue weighted by atomic mass is 9.49. The fraction of sp³-hybridized carbons (Fsp3) is 0.302. The highest BCUT2D eigenvalue weighted by atomic mass is 16.6. The quantitative estimate of drug-likeness (QED) is 0.0840. The first kappa shape index (κ1) is 39.5. The van der Waals surface area contributed by atoms with Gasteiger partial charge in [0.2, 0.25) is 11.8 Å². The van der Waals surface area contributed by atoms with Crippen LogP contribution in [0.3, 0.4) is 0 Å². The number of nitro groups is 2. The normalized spacial score (nSPS) is 24.4. The van der Waals surface area contributed by atoms with Gasteiger partial charge >= 0.3 is 11.4 Å². The molecule has 1 saturated carbocycles. The van der Waals surface area contributed by atoms with E-state index in [-0.39, 0.29) is 41.5 Å². The molecule has 4 aromatic rings. The molecule has 60 heavy (non-hydrogen) atoms. The number of ether oxygens (including phenoxy) is 2. The summed E-state index contributed by atoms with van der Waals surface area (Å²) in [6.07, 6.45) is 1.70. The summed E-state index contributed by atoms with van der Waals surface area (Å²) in [5, 5.41) is 36.4. The number of hydrazine groups is 1. The summed E-state index contributed by atoms with van der Waals surface area (Å²) in [5.41, 5.74) is 2.11. The summed E-state index contributed by atoms with van der Waals surface area (Å²) < 4.78 is 11.8. The van der Waals surface area contributed by atoms with Crippen molar-refractivity contribution in [1.82, 2.24) is 5.01 Å². The Morgan fingerprint density at radius 2 is 1.43 bits per heavy atom. The average molecular weight is 817 g/mol. The van der Waals surface area contributed by atoms with Crippen molar-refractivity contribution in [3.63, 3.8) is 0 Å². The van der Waals surface area contributed by atoms with E-state index in [4.69, 9.17) is 9.47 Å². The van der Waals surface area contributed by atoms with E-state index in [0.717, 1.165) is 27.6 Å². The predicted octanol–water partition coefficient (Wildman–Crippen LogP) is 5.79. The minimum Gasteiger partial charge on any atom is -0.508 e. The number of anilines is 3. The molecule has 2 aliphatic heterocycles. The standard InChI is InChI=1S/C43H40N6O11/c1-22-11-13-24(14-12-22)44-47-40(52)30-21-29-27(37(36-33(59-4)19-26(50)20-34(36)60-5)43(30,42(47)54)23-9-7-6-8-10-23)15-16-28-35(29)41(53)46(39(28)51)25-17-31(48(55)56)38(45(2)3)32(18-25)49(57)58/h6-15,17-20,28-30,35,37,44,50H,16,21H2,1-5H3/t28-,29+,30-,35-,37+,43+/m0/s1. The molecule has 2 heterocycles. The van der Waals surface area contributed by atoms with Gasteiger partial charge in [-0.25, -0.2) is 4.90 Å². The maximum absolute atomic E-state index is 15.5. The summed E-state index contributed by atoms with van der Waals surface area (Å²) >= 11 is 0. The highest BCUT2D eigenvalue weighted by Crippen LogP contribution is 2.66. The molecule has 4 aromatic carbocycles. The Morgan fingerprint density at radius 1 is 0.833 bits per heavy atom. The van der Waals surface area contributed by atoms with Gasteiger partial charge in [0.1, 0.15) is 17.2 Å². The number of phenols is 1. The third-order valence-electron chi connectivity index (χ3n) is 12.4. The first-order valence-electron chi connectivity index (χ1n) is 19.1. The van der Waals surface area contributed by atoms with Crippen LogP contribution in [-0.4, -0.2) is 71.9 Å². The second-order valence-electron chi connectivity index (χ2n) is 15.6. The molecule has 6 atom stereocenters. The molecule has 0 radical (unpaired) electrons. The van der Waals surface area contributed by atoms with E-state index in [9.17, 15) is 34.9 Å². The number of methoxy groups -OCH3 is 2. The molecule has 308 valence electrons. The Kier molecular flexibility index (Phi) is 9.56. The number of benzene rings is 4. The Hall–Kier alpha value is -7.30. The number of amides is 4. The number of nitrogens with zero attached hydrogens (tertiary/aromatic N) is 5. The van der Waals surface area contributed by atoms with Crippen LogP contribution in [0.5, 0.6) is 17.2 Å². The first-order valence-corrected chi connectivity index (χ1v) is 19.1. The zero-order valence-electron chi connectivity index (χ0n) is 33.1. The van der Waals surface area contributed by atoms with Crippen LogP contribution in [0.1, 0.15) is 35.4 Å².